The Balaban J connectivity index is 2.55. The SMILES string of the molecule is O=C(CCl)NC(=O)Nc1cccc(F)c1. The summed E-state index contributed by atoms with van der Waals surface area (Å²) in [6.07, 6.45) is 0. The minimum Gasteiger partial charge on any atom is -0.308 e. The Morgan fingerprint density at radius 1 is 1.40 bits per heavy atom. The molecule has 1 aromatic rings. The van der Waals surface area contributed by atoms with Crippen LogP contribution >= 0.6 is 11.6 Å². The summed E-state index contributed by atoms with van der Waals surface area (Å²) in [6.45, 7) is 0. The fourth-order valence-electron chi connectivity index (χ4n) is 0.889. The summed E-state index contributed by atoms with van der Waals surface area (Å²) in [5.41, 5.74) is 0.259. The van der Waals surface area contributed by atoms with Crippen LogP contribution in [0.25, 0.3) is 0 Å². The number of halogens is 2. The van der Waals surface area contributed by atoms with Crippen LogP contribution in [0.4, 0.5) is 14.9 Å². The maximum atomic E-state index is 12.7. The van der Waals surface area contributed by atoms with Crippen molar-refractivity contribution in [3.63, 3.8) is 0 Å². The van der Waals surface area contributed by atoms with E-state index < -0.39 is 17.8 Å². The number of hydrogen-bond donors (Lipinski definition) is 2. The zero-order valence-electron chi connectivity index (χ0n) is 7.59. The van der Waals surface area contributed by atoms with E-state index in [-0.39, 0.29) is 11.6 Å². The van der Waals surface area contributed by atoms with Crippen molar-refractivity contribution in [1.82, 2.24) is 5.32 Å². The molecule has 0 aliphatic carbocycles. The molecule has 0 aliphatic rings. The van der Waals surface area contributed by atoms with E-state index in [0.717, 1.165) is 6.07 Å². The van der Waals surface area contributed by atoms with Gasteiger partial charge < -0.3 is 5.32 Å². The van der Waals surface area contributed by atoms with E-state index in [4.69, 9.17) is 11.6 Å². The fourth-order valence-corrected chi connectivity index (χ4v) is 0.955. The van der Waals surface area contributed by atoms with Crippen molar-refractivity contribution in [3.8, 4) is 0 Å². The second-order valence-electron chi connectivity index (χ2n) is 2.65. The normalized spacial score (nSPS) is 9.47. The summed E-state index contributed by atoms with van der Waals surface area (Å²) >= 11 is 5.17. The van der Waals surface area contributed by atoms with E-state index in [1.54, 1.807) is 0 Å². The molecule has 4 nitrogen and oxygen atoms in total. The summed E-state index contributed by atoms with van der Waals surface area (Å²) in [5, 5.41) is 4.23. The van der Waals surface area contributed by atoms with Gasteiger partial charge in [-0.25, -0.2) is 9.18 Å². The van der Waals surface area contributed by atoms with E-state index in [0.29, 0.717) is 0 Å². The van der Waals surface area contributed by atoms with Gasteiger partial charge in [-0.2, -0.15) is 0 Å². The third kappa shape index (κ3) is 3.95. The molecule has 0 aliphatic heterocycles. The van der Waals surface area contributed by atoms with Crippen molar-refractivity contribution in [2.24, 2.45) is 0 Å². The molecule has 0 bridgehead atoms. The highest BCUT2D eigenvalue weighted by Gasteiger charge is 2.06. The van der Waals surface area contributed by atoms with Gasteiger partial charge >= 0.3 is 6.03 Å². The monoisotopic (exact) mass is 230 g/mol. The first kappa shape index (κ1) is 11.5. The first-order valence-electron chi connectivity index (χ1n) is 4.04. The van der Waals surface area contributed by atoms with Crippen molar-refractivity contribution in [1.29, 1.82) is 0 Å². The van der Waals surface area contributed by atoms with Crippen LogP contribution in [0, 0.1) is 5.82 Å². The Kier molecular flexibility index (Phi) is 4.05. The molecule has 6 heteroatoms. The van der Waals surface area contributed by atoms with Crippen molar-refractivity contribution in [2.45, 2.75) is 0 Å². The highest BCUT2D eigenvalue weighted by molar-refractivity contribution is 6.28. The molecule has 80 valence electrons. The van der Waals surface area contributed by atoms with Gasteiger partial charge in [0.15, 0.2) is 0 Å². The number of amides is 3. The maximum absolute atomic E-state index is 12.7. The molecule has 0 fully saturated rings. The number of carbonyl (C=O) groups excluding carboxylic acids is 2. The predicted octanol–water partition coefficient (Wildman–Crippen LogP) is 1.71. The van der Waals surface area contributed by atoms with Crippen molar-refractivity contribution < 1.29 is 14.0 Å². The van der Waals surface area contributed by atoms with Crippen LogP contribution < -0.4 is 10.6 Å². The van der Waals surface area contributed by atoms with Crippen LogP contribution in [0.15, 0.2) is 24.3 Å². The number of urea groups is 1. The number of benzene rings is 1. The van der Waals surface area contributed by atoms with Gasteiger partial charge in [-0.1, -0.05) is 6.07 Å². The lowest BCUT2D eigenvalue weighted by Gasteiger charge is -2.04. The number of carbonyl (C=O) groups is 2. The molecule has 0 spiro atoms. The van der Waals surface area contributed by atoms with Gasteiger partial charge in [0.05, 0.1) is 0 Å². The summed E-state index contributed by atoms with van der Waals surface area (Å²) in [5.74, 6) is -1.40. The molecule has 0 unspecified atom stereocenters. The second kappa shape index (κ2) is 5.31. The third-order valence-corrected chi connectivity index (χ3v) is 1.70. The van der Waals surface area contributed by atoms with E-state index in [1.807, 2.05) is 5.32 Å². The molecule has 0 aromatic heterocycles. The Morgan fingerprint density at radius 2 is 2.13 bits per heavy atom. The Labute approximate surface area is 90.4 Å². The average molecular weight is 231 g/mol. The van der Waals surface area contributed by atoms with Crippen molar-refractivity contribution >= 4 is 29.2 Å². The van der Waals surface area contributed by atoms with Crippen LogP contribution in [0.3, 0.4) is 0 Å². The van der Waals surface area contributed by atoms with E-state index in [9.17, 15) is 14.0 Å². The summed E-state index contributed by atoms with van der Waals surface area (Å²) in [4.78, 5) is 21.8. The lowest BCUT2D eigenvalue weighted by molar-refractivity contribution is -0.117. The summed E-state index contributed by atoms with van der Waals surface area (Å²) in [6, 6.07) is 4.56. The average Bonchev–Trinajstić information content (AvgIpc) is 2.17. The number of rotatable bonds is 2. The van der Waals surface area contributed by atoms with Crippen LogP contribution in [-0.2, 0) is 4.79 Å². The molecule has 0 radical (unpaired) electrons. The van der Waals surface area contributed by atoms with Gasteiger partial charge in [-0.3, -0.25) is 10.1 Å². The molecule has 3 amide bonds. The summed E-state index contributed by atoms with van der Waals surface area (Å²) in [7, 11) is 0. The molecular formula is C9H8ClFN2O2. The van der Waals surface area contributed by atoms with Crippen LogP contribution in [0.5, 0.6) is 0 Å². The minimum atomic E-state index is -0.744. The zero-order valence-corrected chi connectivity index (χ0v) is 8.34. The molecule has 2 N–H and O–H groups in total. The first-order valence-corrected chi connectivity index (χ1v) is 4.57. The van der Waals surface area contributed by atoms with Crippen molar-refractivity contribution in [3.05, 3.63) is 30.1 Å². The van der Waals surface area contributed by atoms with Gasteiger partial charge in [-0.15, -0.1) is 11.6 Å². The minimum absolute atomic E-state index is 0.259. The van der Waals surface area contributed by atoms with Gasteiger partial charge in [-0.05, 0) is 18.2 Å². The zero-order chi connectivity index (χ0) is 11.3. The van der Waals surface area contributed by atoms with Gasteiger partial charge in [0, 0.05) is 5.69 Å². The van der Waals surface area contributed by atoms with Crippen LogP contribution in [-0.4, -0.2) is 17.8 Å². The Hall–Kier alpha value is -1.62. The van der Waals surface area contributed by atoms with Gasteiger partial charge in [0.25, 0.3) is 0 Å². The molecule has 0 saturated heterocycles. The first-order chi connectivity index (χ1) is 7.11. The third-order valence-electron chi connectivity index (χ3n) is 1.46. The number of nitrogens with one attached hydrogen (secondary N) is 2. The van der Waals surface area contributed by atoms with Crippen LogP contribution in [0.2, 0.25) is 0 Å². The highest BCUT2D eigenvalue weighted by atomic mass is 35.5. The Morgan fingerprint density at radius 3 is 2.73 bits per heavy atom. The number of anilines is 1. The largest absolute Gasteiger partial charge is 0.325 e. The van der Waals surface area contributed by atoms with E-state index in [2.05, 4.69) is 5.32 Å². The molecule has 0 atom stereocenters. The topological polar surface area (TPSA) is 58.2 Å². The predicted molar refractivity (Wildman–Crippen MR) is 54.3 cm³/mol. The van der Waals surface area contributed by atoms with Gasteiger partial charge in [0.1, 0.15) is 11.7 Å². The smallest absolute Gasteiger partial charge is 0.308 e. The second-order valence-corrected chi connectivity index (χ2v) is 2.91. The molecule has 1 aromatic carbocycles. The number of imide groups is 1. The molecule has 0 saturated carbocycles. The lowest BCUT2D eigenvalue weighted by atomic mass is 10.3. The standard InChI is InChI=1S/C9H8ClFN2O2/c10-5-8(14)13-9(15)12-7-3-1-2-6(11)4-7/h1-4H,5H2,(H2,12,13,14,15). The van der Waals surface area contributed by atoms with Gasteiger partial charge in [0.2, 0.25) is 5.91 Å². The number of alkyl halides is 1. The molecule has 15 heavy (non-hydrogen) atoms. The number of hydrogen-bond acceptors (Lipinski definition) is 2. The molecule has 0 heterocycles. The lowest BCUT2D eigenvalue weighted by Crippen LogP contribution is -2.35. The van der Waals surface area contributed by atoms with E-state index >= 15 is 0 Å². The Bertz CT molecular complexity index is 384. The fraction of sp³-hybridized carbons (Fsp3) is 0.111. The van der Waals surface area contributed by atoms with Crippen molar-refractivity contribution in [2.75, 3.05) is 11.2 Å². The van der Waals surface area contributed by atoms with E-state index in [1.165, 1.54) is 18.2 Å². The quantitative estimate of drug-likeness (QED) is 0.760. The molecular weight excluding hydrogens is 223 g/mol. The van der Waals surface area contributed by atoms with Crippen LogP contribution in [0.1, 0.15) is 0 Å². The molecule has 1 rings (SSSR count). The summed E-state index contributed by atoms with van der Waals surface area (Å²) < 4.78 is 12.7. The highest BCUT2D eigenvalue weighted by Crippen LogP contribution is 2.08. The maximum Gasteiger partial charge on any atom is 0.325 e.